The van der Waals surface area contributed by atoms with Gasteiger partial charge in [0.1, 0.15) is 17.3 Å². The summed E-state index contributed by atoms with van der Waals surface area (Å²) < 4.78 is 5.85. The SMILES string of the molecule is O=C(O)N1C=C2OC3=CC=CC4NCNC(=C34)N=C2C1. The van der Waals surface area contributed by atoms with Crippen molar-refractivity contribution in [2.45, 2.75) is 6.04 Å². The Balaban J connectivity index is 1.81. The molecule has 4 rings (SSSR count). The Kier molecular flexibility index (Phi) is 2.25. The van der Waals surface area contributed by atoms with Crippen molar-refractivity contribution in [3.63, 3.8) is 0 Å². The van der Waals surface area contributed by atoms with Gasteiger partial charge in [-0.25, -0.2) is 9.79 Å². The molecule has 0 saturated carbocycles. The largest absolute Gasteiger partial charge is 0.465 e. The highest BCUT2D eigenvalue weighted by Gasteiger charge is 2.34. The third-order valence-electron chi connectivity index (χ3n) is 3.55. The smallest absolute Gasteiger partial charge is 0.411 e. The van der Waals surface area contributed by atoms with Crippen LogP contribution in [-0.4, -0.2) is 41.1 Å². The first-order valence-corrected chi connectivity index (χ1v) is 6.30. The molecule has 3 N–H and O–H groups in total. The molecule has 0 radical (unpaired) electrons. The van der Waals surface area contributed by atoms with Gasteiger partial charge in [-0.15, -0.1) is 0 Å². The van der Waals surface area contributed by atoms with Crippen LogP contribution in [0.4, 0.5) is 4.79 Å². The zero-order valence-corrected chi connectivity index (χ0v) is 10.5. The first-order valence-electron chi connectivity index (χ1n) is 6.30. The van der Waals surface area contributed by atoms with Crippen molar-refractivity contribution >= 4 is 11.8 Å². The molecule has 3 aliphatic heterocycles. The number of fused-ring (bicyclic) bond motifs is 1. The van der Waals surface area contributed by atoms with E-state index in [1.54, 1.807) is 0 Å². The van der Waals surface area contributed by atoms with Gasteiger partial charge in [-0.1, -0.05) is 12.2 Å². The number of hydrogen-bond acceptors (Lipinski definition) is 5. The maximum Gasteiger partial charge on any atom is 0.411 e. The molecule has 0 saturated heterocycles. The second kappa shape index (κ2) is 3.97. The van der Waals surface area contributed by atoms with E-state index in [4.69, 9.17) is 9.84 Å². The van der Waals surface area contributed by atoms with E-state index in [-0.39, 0.29) is 12.6 Å². The van der Waals surface area contributed by atoms with Crippen LogP contribution in [0.15, 0.2) is 52.3 Å². The summed E-state index contributed by atoms with van der Waals surface area (Å²) in [5, 5.41) is 15.5. The lowest BCUT2D eigenvalue weighted by atomic mass is 9.99. The molecule has 3 heterocycles. The number of allylic oxidation sites excluding steroid dienone is 2. The highest BCUT2D eigenvalue weighted by molar-refractivity contribution is 6.05. The Morgan fingerprint density at radius 2 is 2.40 bits per heavy atom. The molecule has 102 valence electrons. The van der Waals surface area contributed by atoms with Gasteiger partial charge in [-0.2, -0.15) is 0 Å². The van der Waals surface area contributed by atoms with Crippen LogP contribution in [0, 0.1) is 0 Å². The number of carbonyl (C=O) groups is 1. The first-order chi connectivity index (χ1) is 9.72. The van der Waals surface area contributed by atoms with Gasteiger partial charge in [0.05, 0.1) is 31.0 Å². The minimum Gasteiger partial charge on any atom is -0.465 e. The Morgan fingerprint density at radius 3 is 3.25 bits per heavy atom. The third kappa shape index (κ3) is 1.56. The fraction of sp³-hybridized carbons (Fsp3) is 0.231. The molecule has 0 bridgehead atoms. The molecule has 7 heteroatoms. The molecular formula is C13H12N4O3. The molecule has 0 aromatic heterocycles. The fourth-order valence-electron chi connectivity index (χ4n) is 2.61. The van der Waals surface area contributed by atoms with Gasteiger partial charge in [0.2, 0.25) is 0 Å². The number of carboxylic acid groups (broad SMARTS) is 1. The Morgan fingerprint density at radius 1 is 1.50 bits per heavy atom. The van der Waals surface area contributed by atoms with Gasteiger partial charge in [0.15, 0.2) is 5.76 Å². The monoisotopic (exact) mass is 272 g/mol. The molecule has 1 amide bonds. The van der Waals surface area contributed by atoms with Crippen molar-refractivity contribution in [1.29, 1.82) is 0 Å². The van der Waals surface area contributed by atoms with E-state index in [0.717, 1.165) is 16.3 Å². The lowest BCUT2D eigenvalue weighted by Crippen LogP contribution is -2.44. The predicted molar refractivity (Wildman–Crippen MR) is 70.5 cm³/mol. The van der Waals surface area contributed by atoms with E-state index in [0.29, 0.717) is 23.9 Å². The molecule has 0 spiro atoms. The number of ether oxygens (including phenoxy) is 1. The second-order valence-corrected chi connectivity index (χ2v) is 4.78. The summed E-state index contributed by atoms with van der Waals surface area (Å²) in [5.74, 6) is 1.93. The standard InChI is InChI=1S/C13H12N4O3/c18-13(19)17-4-8-10(5-17)20-9-3-1-2-7-11(9)12(16-8)15-6-14-7/h1-3,5,7,14-15H,4,6H2,(H,18,19). The molecule has 0 aromatic rings. The van der Waals surface area contributed by atoms with Crippen LogP contribution in [0.3, 0.4) is 0 Å². The topological polar surface area (TPSA) is 86.2 Å². The van der Waals surface area contributed by atoms with Crippen molar-refractivity contribution in [2.75, 3.05) is 13.2 Å². The summed E-state index contributed by atoms with van der Waals surface area (Å²) >= 11 is 0. The molecule has 1 atom stereocenters. The Bertz CT molecular complexity index is 657. The van der Waals surface area contributed by atoms with E-state index in [1.807, 2.05) is 18.2 Å². The van der Waals surface area contributed by atoms with Crippen LogP contribution >= 0.6 is 0 Å². The average molecular weight is 272 g/mol. The van der Waals surface area contributed by atoms with Crippen molar-refractivity contribution < 1.29 is 14.6 Å². The summed E-state index contributed by atoms with van der Waals surface area (Å²) in [6.45, 7) is 0.821. The van der Waals surface area contributed by atoms with Gasteiger partial charge in [-0.05, 0) is 6.08 Å². The summed E-state index contributed by atoms with van der Waals surface area (Å²) in [7, 11) is 0. The Hall–Kier alpha value is -2.54. The number of nitrogens with zero attached hydrogens (tertiary/aromatic N) is 2. The van der Waals surface area contributed by atoms with Crippen molar-refractivity contribution in [3.8, 4) is 0 Å². The minimum atomic E-state index is -1.01. The maximum atomic E-state index is 11.0. The lowest BCUT2D eigenvalue weighted by molar-refractivity contribution is 0.168. The van der Waals surface area contributed by atoms with Crippen LogP contribution in [0.25, 0.3) is 0 Å². The van der Waals surface area contributed by atoms with Gasteiger partial charge >= 0.3 is 6.09 Å². The summed E-state index contributed by atoms with van der Waals surface area (Å²) in [6.07, 6.45) is 6.29. The highest BCUT2D eigenvalue weighted by atomic mass is 16.5. The van der Waals surface area contributed by atoms with Gasteiger partial charge < -0.3 is 15.2 Å². The average Bonchev–Trinajstić information content (AvgIpc) is 2.76. The molecule has 0 fully saturated rings. The Labute approximate surface area is 114 Å². The van der Waals surface area contributed by atoms with Crippen LogP contribution in [-0.2, 0) is 4.74 Å². The van der Waals surface area contributed by atoms with Crippen molar-refractivity contribution in [3.05, 3.63) is 47.3 Å². The number of nitrogens with one attached hydrogen (secondary N) is 2. The molecule has 1 aliphatic carbocycles. The van der Waals surface area contributed by atoms with Crippen LogP contribution in [0.1, 0.15) is 0 Å². The summed E-state index contributed by atoms with van der Waals surface area (Å²) in [5.41, 5.74) is 1.58. The summed E-state index contributed by atoms with van der Waals surface area (Å²) in [4.78, 5) is 16.7. The van der Waals surface area contributed by atoms with E-state index >= 15 is 0 Å². The van der Waals surface area contributed by atoms with E-state index in [9.17, 15) is 4.79 Å². The molecule has 7 nitrogen and oxygen atoms in total. The lowest BCUT2D eigenvalue weighted by Gasteiger charge is -2.28. The maximum absolute atomic E-state index is 11.0. The van der Waals surface area contributed by atoms with Crippen LogP contribution in [0.2, 0.25) is 0 Å². The predicted octanol–water partition coefficient (Wildman–Crippen LogP) is 0.477. The summed E-state index contributed by atoms with van der Waals surface area (Å²) in [6, 6.07) is 0.0746. The molecular weight excluding hydrogens is 260 g/mol. The number of hydrogen-bond donors (Lipinski definition) is 3. The third-order valence-corrected chi connectivity index (χ3v) is 3.55. The van der Waals surface area contributed by atoms with Crippen LogP contribution in [0.5, 0.6) is 0 Å². The van der Waals surface area contributed by atoms with Crippen LogP contribution < -0.4 is 10.6 Å². The fourth-order valence-corrected chi connectivity index (χ4v) is 2.61. The first kappa shape index (κ1) is 11.3. The molecule has 20 heavy (non-hydrogen) atoms. The zero-order valence-electron chi connectivity index (χ0n) is 10.5. The quantitative estimate of drug-likeness (QED) is 0.597. The molecule has 0 aromatic carbocycles. The van der Waals surface area contributed by atoms with E-state index < -0.39 is 6.09 Å². The van der Waals surface area contributed by atoms with Gasteiger partial charge in [0, 0.05) is 0 Å². The minimum absolute atomic E-state index is 0.0746. The van der Waals surface area contributed by atoms with E-state index in [1.165, 1.54) is 6.20 Å². The van der Waals surface area contributed by atoms with Crippen molar-refractivity contribution in [2.24, 2.45) is 4.99 Å². The van der Waals surface area contributed by atoms with Gasteiger partial charge in [0.25, 0.3) is 0 Å². The zero-order chi connectivity index (χ0) is 13.7. The normalized spacial score (nSPS) is 26.5. The molecule has 1 unspecified atom stereocenters. The van der Waals surface area contributed by atoms with Crippen molar-refractivity contribution in [1.82, 2.24) is 15.5 Å². The molecule has 4 aliphatic rings. The second-order valence-electron chi connectivity index (χ2n) is 4.78. The number of amides is 1. The van der Waals surface area contributed by atoms with Gasteiger partial charge in [-0.3, -0.25) is 10.2 Å². The highest BCUT2D eigenvalue weighted by Crippen LogP contribution is 2.32. The van der Waals surface area contributed by atoms with E-state index in [2.05, 4.69) is 15.6 Å². The number of aliphatic imine (C=N–C) groups is 1. The number of rotatable bonds is 0.